The molecule has 0 aliphatic carbocycles. The second kappa shape index (κ2) is 5.05. The first kappa shape index (κ1) is 12.4. The molecule has 2 heterocycles. The van der Waals surface area contributed by atoms with E-state index < -0.39 is 0 Å². The molecule has 0 aromatic carbocycles. The minimum absolute atomic E-state index is 0.0965. The number of amides is 1. The number of hydrogen-bond acceptors (Lipinski definition) is 4. The summed E-state index contributed by atoms with van der Waals surface area (Å²) >= 11 is 5.73. The third-order valence-corrected chi connectivity index (χ3v) is 2.53. The first-order valence-corrected chi connectivity index (χ1v) is 5.63. The normalized spacial score (nSPS) is 10.3. The Morgan fingerprint density at radius 1 is 1.61 bits per heavy atom. The highest BCUT2D eigenvalue weighted by Gasteiger charge is 2.07. The molecule has 94 valence electrons. The molecular formula is C11H12ClN5O. The number of nitrogen functional groups attached to an aromatic ring is 1. The lowest BCUT2D eigenvalue weighted by Crippen LogP contribution is -2.19. The molecule has 0 aliphatic rings. The molecule has 7 heteroatoms. The molecule has 2 aromatic heterocycles. The van der Waals surface area contributed by atoms with E-state index in [1.165, 1.54) is 10.9 Å². The van der Waals surface area contributed by atoms with Gasteiger partial charge in [-0.1, -0.05) is 11.6 Å². The summed E-state index contributed by atoms with van der Waals surface area (Å²) in [7, 11) is 0. The largest absolute Gasteiger partial charge is 0.382 e. The Morgan fingerprint density at radius 3 is 3.00 bits per heavy atom. The van der Waals surface area contributed by atoms with Crippen LogP contribution in [0.15, 0.2) is 24.5 Å². The van der Waals surface area contributed by atoms with E-state index in [9.17, 15) is 4.79 Å². The maximum absolute atomic E-state index is 11.8. The van der Waals surface area contributed by atoms with Gasteiger partial charge in [0.2, 0.25) is 5.91 Å². The zero-order chi connectivity index (χ0) is 13.1. The van der Waals surface area contributed by atoms with E-state index in [0.29, 0.717) is 16.7 Å². The monoisotopic (exact) mass is 265 g/mol. The smallest absolute Gasteiger partial charge is 0.246 e. The Bertz CT molecular complexity index is 581. The summed E-state index contributed by atoms with van der Waals surface area (Å²) in [6.45, 7) is 1.94. The lowest BCUT2D eigenvalue weighted by atomic mass is 10.2. The van der Waals surface area contributed by atoms with E-state index in [1.54, 1.807) is 18.3 Å². The molecule has 1 amide bonds. The van der Waals surface area contributed by atoms with Gasteiger partial charge in [0.25, 0.3) is 0 Å². The van der Waals surface area contributed by atoms with E-state index in [2.05, 4.69) is 15.4 Å². The summed E-state index contributed by atoms with van der Waals surface area (Å²) in [5.41, 5.74) is 6.94. The van der Waals surface area contributed by atoms with Crippen LogP contribution in [0.5, 0.6) is 0 Å². The van der Waals surface area contributed by atoms with Crippen molar-refractivity contribution >= 4 is 29.0 Å². The van der Waals surface area contributed by atoms with Crippen LogP contribution < -0.4 is 11.1 Å². The minimum atomic E-state index is -0.203. The van der Waals surface area contributed by atoms with Gasteiger partial charge < -0.3 is 11.1 Å². The van der Waals surface area contributed by atoms with Gasteiger partial charge >= 0.3 is 0 Å². The van der Waals surface area contributed by atoms with Crippen molar-refractivity contribution in [3.63, 3.8) is 0 Å². The summed E-state index contributed by atoms with van der Waals surface area (Å²) in [4.78, 5) is 15.7. The molecule has 0 radical (unpaired) electrons. The third kappa shape index (κ3) is 2.98. The quantitative estimate of drug-likeness (QED) is 0.823. The highest BCUT2D eigenvalue weighted by atomic mass is 35.5. The molecule has 6 nitrogen and oxygen atoms in total. The topological polar surface area (TPSA) is 85.8 Å². The Labute approximate surface area is 109 Å². The zero-order valence-electron chi connectivity index (χ0n) is 9.72. The average Bonchev–Trinajstić information content (AvgIpc) is 2.68. The fraction of sp³-hybridized carbons (Fsp3) is 0.182. The molecule has 2 rings (SSSR count). The number of nitrogens with one attached hydrogen (secondary N) is 1. The number of hydrogen-bond donors (Lipinski definition) is 2. The molecule has 0 spiro atoms. The van der Waals surface area contributed by atoms with E-state index in [4.69, 9.17) is 17.3 Å². The van der Waals surface area contributed by atoms with Crippen molar-refractivity contribution in [3.8, 4) is 0 Å². The second-order valence-corrected chi connectivity index (χ2v) is 4.20. The standard InChI is InChI=1S/C11H12ClN5O/c1-7-4-9(12)14-5-8(7)15-11(18)6-17-3-2-10(13)16-17/h2-5H,6H2,1H3,(H2,13,16)(H,15,18). The van der Waals surface area contributed by atoms with Crippen LogP contribution in [0.2, 0.25) is 5.15 Å². The average molecular weight is 266 g/mol. The lowest BCUT2D eigenvalue weighted by molar-refractivity contribution is -0.116. The van der Waals surface area contributed by atoms with E-state index in [-0.39, 0.29) is 12.5 Å². The number of carbonyl (C=O) groups is 1. The number of rotatable bonds is 3. The van der Waals surface area contributed by atoms with Gasteiger partial charge in [0, 0.05) is 6.20 Å². The first-order chi connectivity index (χ1) is 8.54. The van der Waals surface area contributed by atoms with Crippen LogP contribution in [-0.4, -0.2) is 20.7 Å². The molecule has 0 atom stereocenters. The fourth-order valence-electron chi connectivity index (χ4n) is 1.45. The fourth-order valence-corrected chi connectivity index (χ4v) is 1.67. The SMILES string of the molecule is Cc1cc(Cl)ncc1NC(=O)Cn1ccc(N)n1. The van der Waals surface area contributed by atoms with Gasteiger partial charge in [0.15, 0.2) is 0 Å². The zero-order valence-corrected chi connectivity index (χ0v) is 10.5. The Hall–Kier alpha value is -2.08. The molecule has 0 aliphatic heterocycles. The van der Waals surface area contributed by atoms with Crippen molar-refractivity contribution in [2.75, 3.05) is 11.1 Å². The molecule has 0 unspecified atom stereocenters. The Morgan fingerprint density at radius 2 is 2.39 bits per heavy atom. The van der Waals surface area contributed by atoms with Crippen molar-refractivity contribution in [2.45, 2.75) is 13.5 Å². The number of nitrogens with two attached hydrogens (primary N) is 1. The summed E-state index contributed by atoms with van der Waals surface area (Å²) < 4.78 is 1.46. The first-order valence-electron chi connectivity index (χ1n) is 5.25. The number of aryl methyl sites for hydroxylation is 1. The highest BCUT2D eigenvalue weighted by molar-refractivity contribution is 6.29. The predicted molar refractivity (Wildman–Crippen MR) is 69.3 cm³/mol. The van der Waals surface area contributed by atoms with Crippen LogP contribution in [0.4, 0.5) is 11.5 Å². The van der Waals surface area contributed by atoms with Crippen LogP contribution in [0.25, 0.3) is 0 Å². The molecule has 0 saturated heterocycles. The summed E-state index contributed by atoms with van der Waals surface area (Å²) in [6.07, 6.45) is 3.16. The maximum atomic E-state index is 11.8. The van der Waals surface area contributed by atoms with Gasteiger partial charge in [0.05, 0.1) is 11.9 Å². The number of carbonyl (C=O) groups excluding carboxylic acids is 1. The van der Waals surface area contributed by atoms with E-state index in [1.807, 2.05) is 6.92 Å². The number of nitrogens with zero attached hydrogens (tertiary/aromatic N) is 3. The van der Waals surface area contributed by atoms with Crippen molar-refractivity contribution in [1.82, 2.24) is 14.8 Å². The van der Waals surface area contributed by atoms with Crippen molar-refractivity contribution in [3.05, 3.63) is 35.2 Å². The molecule has 0 fully saturated rings. The molecule has 0 saturated carbocycles. The van der Waals surface area contributed by atoms with Crippen LogP contribution >= 0.6 is 11.6 Å². The van der Waals surface area contributed by atoms with Crippen molar-refractivity contribution < 1.29 is 4.79 Å². The Kier molecular flexibility index (Phi) is 3.47. The minimum Gasteiger partial charge on any atom is -0.382 e. The summed E-state index contributed by atoms with van der Waals surface area (Å²) in [5.74, 6) is 0.178. The molecule has 0 bridgehead atoms. The van der Waals surface area contributed by atoms with Gasteiger partial charge in [-0.25, -0.2) is 4.98 Å². The van der Waals surface area contributed by atoms with Crippen LogP contribution in [0.3, 0.4) is 0 Å². The number of aromatic nitrogens is 3. The van der Waals surface area contributed by atoms with Gasteiger partial charge in [-0.15, -0.1) is 0 Å². The molecule has 2 aromatic rings. The van der Waals surface area contributed by atoms with Crippen LogP contribution in [0, 0.1) is 6.92 Å². The third-order valence-electron chi connectivity index (χ3n) is 2.32. The molecule has 3 N–H and O–H groups in total. The number of pyridine rings is 1. The van der Waals surface area contributed by atoms with Gasteiger partial charge in [-0.05, 0) is 24.6 Å². The van der Waals surface area contributed by atoms with Gasteiger partial charge in [0.1, 0.15) is 17.5 Å². The van der Waals surface area contributed by atoms with Crippen molar-refractivity contribution in [1.29, 1.82) is 0 Å². The van der Waals surface area contributed by atoms with E-state index >= 15 is 0 Å². The van der Waals surface area contributed by atoms with E-state index in [0.717, 1.165) is 5.56 Å². The number of anilines is 2. The van der Waals surface area contributed by atoms with Gasteiger partial charge in [-0.2, -0.15) is 5.10 Å². The summed E-state index contributed by atoms with van der Waals surface area (Å²) in [6, 6.07) is 3.31. The lowest BCUT2D eigenvalue weighted by Gasteiger charge is -2.08. The Balaban J connectivity index is 2.03. The number of halogens is 1. The van der Waals surface area contributed by atoms with Crippen LogP contribution in [0.1, 0.15) is 5.56 Å². The highest BCUT2D eigenvalue weighted by Crippen LogP contribution is 2.16. The predicted octanol–water partition coefficient (Wildman–Crippen LogP) is 1.46. The molecular weight excluding hydrogens is 254 g/mol. The van der Waals surface area contributed by atoms with Gasteiger partial charge in [-0.3, -0.25) is 9.48 Å². The van der Waals surface area contributed by atoms with Crippen molar-refractivity contribution in [2.24, 2.45) is 0 Å². The summed E-state index contributed by atoms with van der Waals surface area (Å²) in [5, 5.41) is 7.05. The maximum Gasteiger partial charge on any atom is 0.246 e. The second-order valence-electron chi connectivity index (χ2n) is 3.81. The molecule has 18 heavy (non-hydrogen) atoms. The van der Waals surface area contributed by atoms with Crippen LogP contribution in [-0.2, 0) is 11.3 Å².